The van der Waals surface area contributed by atoms with Crippen molar-refractivity contribution in [3.8, 4) is 0 Å². The standard InChI is InChI=1S/C18H23N3O/c1-3-4-10-19-16-8-9-17(20-13-16)21-18(22)12-15-7-5-6-14(2)11-15/h5-9,11,13,19H,3-4,10,12H2,1-2H3,(H,20,21,22). The summed E-state index contributed by atoms with van der Waals surface area (Å²) in [6, 6.07) is 11.7. The van der Waals surface area contributed by atoms with E-state index in [1.807, 2.05) is 43.3 Å². The molecule has 0 bridgehead atoms. The minimum Gasteiger partial charge on any atom is -0.384 e. The van der Waals surface area contributed by atoms with E-state index in [9.17, 15) is 4.79 Å². The third kappa shape index (κ3) is 5.20. The number of aromatic nitrogens is 1. The van der Waals surface area contributed by atoms with Crippen LogP contribution in [0, 0.1) is 6.92 Å². The lowest BCUT2D eigenvalue weighted by Crippen LogP contribution is -2.15. The van der Waals surface area contributed by atoms with Gasteiger partial charge in [0.05, 0.1) is 18.3 Å². The van der Waals surface area contributed by atoms with Crippen LogP contribution >= 0.6 is 0 Å². The summed E-state index contributed by atoms with van der Waals surface area (Å²) in [5.74, 6) is 0.531. The van der Waals surface area contributed by atoms with Gasteiger partial charge in [-0.2, -0.15) is 0 Å². The van der Waals surface area contributed by atoms with Crippen LogP contribution in [0.1, 0.15) is 30.9 Å². The van der Waals surface area contributed by atoms with Gasteiger partial charge in [-0.3, -0.25) is 4.79 Å². The minimum absolute atomic E-state index is 0.0511. The average molecular weight is 297 g/mol. The Hall–Kier alpha value is -2.36. The number of amides is 1. The van der Waals surface area contributed by atoms with Gasteiger partial charge in [-0.1, -0.05) is 43.2 Å². The van der Waals surface area contributed by atoms with E-state index < -0.39 is 0 Å². The second-order valence-electron chi connectivity index (χ2n) is 5.43. The molecule has 0 aliphatic carbocycles. The van der Waals surface area contributed by atoms with Crippen molar-refractivity contribution in [2.45, 2.75) is 33.1 Å². The number of hydrogen-bond acceptors (Lipinski definition) is 3. The summed E-state index contributed by atoms with van der Waals surface area (Å²) in [6.07, 6.45) is 4.40. The lowest BCUT2D eigenvalue weighted by atomic mass is 10.1. The first-order valence-corrected chi connectivity index (χ1v) is 7.72. The summed E-state index contributed by atoms with van der Waals surface area (Å²) in [7, 11) is 0. The quantitative estimate of drug-likeness (QED) is 0.765. The van der Waals surface area contributed by atoms with E-state index in [1.165, 1.54) is 0 Å². The Balaban J connectivity index is 1.86. The summed E-state index contributed by atoms with van der Waals surface area (Å²) in [5, 5.41) is 6.12. The highest BCUT2D eigenvalue weighted by atomic mass is 16.1. The summed E-state index contributed by atoms with van der Waals surface area (Å²) in [6.45, 7) is 5.12. The predicted octanol–water partition coefficient (Wildman–Crippen LogP) is 3.78. The van der Waals surface area contributed by atoms with Crippen LogP contribution in [0.25, 0.3) is 0 Å². The van der Waals surface area contributed by atoms with Gasteiger partial charge in [0.15, 0.2) is 0 Å². The van der Waals surface area contributed by atoms with Gasteiger partial charge in [-0.25, -0.2) is 4.98 Å². The molecule has 0 aliphatic heterocycles. The Bertz CT molecular complexity index is 608. The van der Waals surface area contributed by atoms with Gasteiger partial charge in [0.1, 0.15) is 5.82 Å². The number of carbonyl (C=O) groups is 1. The maximum Gasteiger partial charge on any atom is 0.229 e. The van der Waals surface area contributed by atoms with Crippen LogP contribution < -0.4 is 10.6 Å². The van der Waals surface area contributed by atoms with Crippen LogP contribution in [0.15, 0.2) is 42.6 Å². The van der Waals surface area contributed by atoms with Crippen LogP contribution in [0.4, 0.5) is 11.5 Å². The average Bonchev–Trinajstić information content (AvgIpc) is 2.49. The zero-order valence-electron chi connectivity index (χ0n) is 13.2. The van der Waals surface area contributed by atoms with Crippen molar-refractivity contribution in [2.24, 2.45) is 0 Å². The molecule has 0 fully saturated rings. The monoisotopic (exact) mass is 297 g/mol. The van der Waals surface area contributed by atoms with Crippen molar-refractivity contribution in [1.29, 1.82) is 0 Å². The van der Waals surface area contributed by atoms with Crippen molar-refractivity contribution in [1.82, 2.24) is 4.98 Å². The number of nitrogens with one attached hydrogen (secondary N) is 2. The molecule has 0 atom stereocenters. The Morgan fingerprint density at radius 1 is 1.23 bits per heavy atom. The molecule has 2 N–H and O–H groups in total. The first kappa shape index (κ1) is 16.0. The summed E-state index contributed by atoms with van der Waals surface area (Å²) >= 11 is 0. The van der Waals surface area contributed by atoms with Crippen molar-refractivity contribution < 1.29 is 4.79 Å². The van der Waals surface area contributed by atoms with E-state index in [0.29, 0.717) is 12.2 Å². The van der Waals surface area contributed by atoms with Crippen LogP contribution in [-0.4, -0.2) is 17.4 Å². The zero-order chi connectivity index (χ0) is 15.8. The Morgan fingerprint density at radius 2 is 2.09 bits per heavy atom. The fourth-order valence-electron chi connectivity index (χ4n) is 2.18. The largest absolute Gasteiger partial charge is 0.384 e. The van der Waals surface area contributed by atoms with Gasteiger partial charge in [0.2, 0.25) is 5.91 Å². The molecule has 0 saturated carbocycles. The number of unbranched alkanes of at least 4 members (excludes halogenated alkanes) is 1. The summed E-state index contributed by atoms with van der Waals surface area (Å²) < 4.78 is 0. The van der Waals surface area contributed by atoms with Gasteiger partial charge >= 0.3 is 0 Å². The Morgan fingerprint density at radius 3 is 2.77 bits per heavy atom. The maximum absolute atomic E-state index is 12.0. The molecule has 1 aromatic heterocycles. The fourth-order valence-corrected chi connectivity index (χ4v) is 2.18. The zero-order valence-corrected chi connectivity index (χ0v) is 13.2. The van der Waals surface area contributed by atoms with Crippen LogP contribution in [0.2, 0.25) is 0 Å². The predicted molar refractivity (Wildman–Crippen MR) is 91.1 cm³/mol. The number of pyridine rings is 1. The molecule has 4 heteroatoms. The molecule has 0 unspecified atom stereocenters. The topological polar surface area (TPSA) is 54.0 Å². The third-order valence-corrected chi connectivity index (χ3v) is 3.34. The number of anilines is 2. The molecular weight excluding hydrogens is 274 g/mol. The van der Waals surface area contributed by atoms with Crippen LogP contribution in [0.3, 0.4) is 0 Å². The molecule has 2 rings (SSSR count). The second-order valence-corrected chi connectivity index (χ2v) is 5.43. The number of carbonyl (C=O) groups excluding carboxylic acids is 1. The molecule has 116 valence electrons. The first-order valence-electron chi connectivity index (χ1n) is 7.72. The van der Waals surface area contributed by atoms with E-state index in [1.54, 1.807) is 6.20 Å². The lowest BCUT2D eigenvalue weighted by Gasteiger charge is -2.08. The minimum atomic E-state index is -0.0511. The second kappa shape index (κ2) is 8.17. The van der Waals surface area contributed by atoms with Gasteiger partial charge < -0.3 is 10.6 Å². The summed E-state index contributed by atoms with van der Waals surface area (Å²) in [4.78, 5) is 16.3. The van der Waals surface area contributed by atoms with E-state index in [2.05, 4.69) is 22.5 Å². The van der Waals surface area contributed by atoms with E-state index in [-0.39, 0.29) is 5.91 Å². The van der Waals surface area contributed by atoms with Gasteiger partial charge in [0, 0.05) is 6.54 Å². The highest BCUT2D eigenvalue weighted by Gasteiger charge is 2.05. The smallest absolute Gasteiger partial charge is 0.229 e. The van der Waals surface area contributed by atoms with E-state index in [4.69, 9.17) is 0 Å². The maximum atomic E-state index is 12.0. The van der Waals surface area contributed by atoms with Gasteiger partial charge in [0.25, 0.3) is 0 Å². The molecule has 1 amide bonds. The highest BCUT2D eigenvalue weighted by Crippen LogP contribution is 2.11. The Labute approximate surface area is 132 Å². The van der Waals surface area contributed by atoms with Crippen molar-refractivity contribution >= 4 is 17.4 Å². The van der Waals surface area contributed by atoms with Crippen molar-refractivity contribution in [3.63, 3.8) is 0 Å². The number of benzene rings is 1. The molecular formula is C18H23N3O. The number of rotatable bonds is 7. The normalized spacial score (nSPS) is 10.3. The molecule has 2 aromatic rings. The fraction of sp³-hybridized carbons (Fsp3) is 0.333. The molecule has 22 heavy (non-hydrogen) atoms. The number of nitrogens with zero attached hydrogens (tertiary/aromatic N) is 1. The molecule has 1 aromatic carbocycles. The molecule has 0 aliphatic rings. The first-order chi connectivity index (χ1) is 10.7. The lowest BCUT2D eigenvalue weighted by molar-refractivity contribution is -0.115. The van der Waals surface area contributed by atoms with Crippen molar-refractivity contribution in [3.05, 3.63) is 53.7 Å². The highest BCUT2D eigenvalue weighted by molar-refractivity contribution is 5.91. The van der Waals surface area contributed by atoms with Crippen molar-refractivity contribution in [2.75, 3.05) is 17.2 Å². The van der Waals surface area contributed by atoms with Crippen LogP contribution in [0.5, 0.6) is 0 Å². The third-order valence-electron chi connectivity index (χ3n) is 3.34. The van der Waals surface area contributed by atoms with E-state index in [0.717, 1.165) is 36.2 Å². The van der Waals surface area contributed by atoms with Gasteiger partial charge in [-0.05, 0) is 31.0 Å². The van der Waals surface area contributed by atoms with E-state index >= 15 is 0 Å². The molecule has 0 radical (unpaired) electrons. The van der Waals surface area contributed by atoms with Gasteiger partial charge in [-0.15, -0.1) is 0 Å². The molecule has 4 nitrogen and oxygen atoms in total. The Kier molecular flexibility index (Phi) is 5.95. The van der Waals surface area contributed by atoms with Crippen LogP contribution in [-0.2, 0) is 11.2 Å². The molecule has 1 heterocycles. The number of aryl methyl sites for hydroxylation is 1. The molecule has 0 saturated heterocycles. The SMILES string of the molecule is CCCCNc1ccc(NC(=O)Cc2cccc(C)c2)nc1. The summed E-state index contributed by atoms with van der Waals surface area (Å²) in [5.41, 5.74) is 3.14. The number of hydrogen-bond donors (Lipinski definition) is 2. The molecule has 0 spiro atoms.